The lowest BCUT2D eigenvalue weighted by Crippen LogP contribution is -2.65. The van der Waals surface area contributed by atoms with Crippen LogP contribution in [0, 0.1) is 0 Å². The van der Waals surface area contributed by atoms with Crippen LogP contribution in [-0.2, 0) is 32.0 Å². The second-order valence-electron chi connectivity index (χ2n) is 6.56. The molecule has 0 aromatic heterocycles. The number of hydrogen-bond donors (Lipinski definition) is 8. The van der Waals surface area contributed by atoms with Crippen molar-refractivity contribution in [3.05, 3.63) is 0 Å². The zero-order chi connectivity index (χ0) is 23.3. The van der Waals surface area contributed by atoms with Crippen LogP contribution >= 0.6 is 23.5 Å². The lowest BCUT2D eigenvalue weighted by atomic mass is 9.85. The molecule has 18 heteroatoms. The molecule has 8 N–H and O–H groups in total. The Labute approximate surface area is 171 Å². The van der Waals surface area contributed by atoms with Gasteiger partial charge in [0.05, 0.1) is 0 Å². The first-order valence-corrected chi connectivity index (χ1v) is 13.3. The Morgan fingerprint density at radius 2 is 1.03 bits per heavy atom. The quantitative estimate of drug-likeness (QED) is 0.119. The summed E-state index contributed by atoms with van der Waals surface area (Å²) in [5.41, 5.74) is 0. The summed E-state index contributed by atoms with van der Waals surface area (Å²) < 4.78 is 52.4. The van der Waals surface area contributed by atoms with Gasteiger partial charge in [-0.15, -0.1) is 0 Å². The standard InChI is InChI=1S/C12H27O15P3/c1-2-3-4-5-6-24-9-7(13)8(14)10(25-28(15,16)17)12(27-30(21,22)23)11(9)26-29(18,19)20/h7-14H,2-6H2,1H3,(H2,15,16,17)(H2,18,19,20)(H2,21,22,23)/t7-,8-,9+,10-,11-,12-/m0/s1. The van der Waals surface area contributed by atoms with Crippen LogP contribution in [0.4, 0.5) is 0 Å². The highest BCUT2D eigenvalue weighted by Crippen LogP contribution is 2.50. The monoisotopic (exact) mass is 504 g/mol. The van der Waals surface area contributed by atoms with E-state index in [9.17, 15) is 23.9 Å². The summed E-state index contributed by atoms with van der Waals surface area (Å²) >= 11 is 0. The predicted molar refractivity (Wildman–Crippen MR) is 96.6 cm³/mol. The number of phosphoric acid groups is 3. The fourth-order valence-electron chi connectivity index (χ4n) is 2.93. The van der Waals surface area contributed by atoms with E-state index in [4.69, 9.17) is 34.1 Å². The van der Waals surface area contributed by atoms with Crippen LogP contribution in [-0.4, -0.2) is 82.8 Å². The van der Waals surface area contributed by atoms with Gasteiger partial charge in [-0.2, -0.15) is 0 Å². The molecule has 0 aromatic rings. The highest BCUT2D eigenvalue weighted by molar-refractivity contribution is 7.47. The van der Waals surface area contributed by atoms with Gasteiger partial charge in [0.15, 0.2) is 0 Å². The van der Waals surface area contributed by atoms with Crippen LogP contribution < -0.4 is 0 Å². The van der Waals surface area contributed by atoms with E-state index in [1.54, 1.807) is 0 Å². The van der Waals surface area contributed by atoms with Gasteiger partial charge in [-0.3, -0.25) is 13.6 Å². The van der Waals surface area contributed by atoms with Crippen molar-refractivity contribution in [3.8, 4) is 0 Å². The van der Waals surface area contributed by atoms with Crippen LogP contribution in [0.1, 0.15) is 32.6 Å². The Balaban J connectivity index is 3.27. The average molecular weight is 504 g/mol. The second kappa shape index (κ2) is 11.4. The van der Waals surface area contributed by atoms with Gasteiger partial charge in [0, 0.05) is 6.61 Å². The molecule has 0 aromatic carbocycles. The second-order valence-corrected chi connectivity index (χ2v) is 10.1. The molecule has 0 spiro atoms. The molecular weight excluding hydrogens is 477 g/mol. The molecule has 1 saturated carbocycles. The normalized spacial score (nSPS) is 31.1. The Morgan fingerprint density at radius 1 is 0.633 bits per heavy atom. The zero-order valence-electron chi connectivity index (χ0n) is 15.8. The smallest absolute Gasteiger partial charge is 0.387 e. The number of unbranched alkanes of at least 4 members (excludes halogenated alkanes) is 3. The number of aliphatic hydroxyl groups excluding tert-OH is 2. The molecule has 6 atom stereocenters. The summed E-state index contributed by atoms with van der Waals surface area (Å²) in [6, 6.07) is 0. The van der Waals surface area contributed by atoms with Crippen molar-refractivity contribution in [3.63, 3.8) is 0 Å². The van der Waals surface area contributed by atoms with Crippen LogP contribution in [0.3, 0.4) is 0 Å². The first kappa shape index (κ1) is 28.2. The van der Waals surface area contributed by atoms with Crippen LogP contribution in [0.2, 0.25) is 0 Å². The van der Waals surface area contributed by atoms with Crippen molar-refractivity contribution in [2.75, 3.05) is 6.61 Å². The molecular formula is C12H27O15P3. The highest BCUT2D eigenvalue weighted by Gasteiger charge is 2.57. The highest BCUT2D eigenvalue weighted by atomic mass is 31.2. The van der Waals surface area contributed by atoms with Gasteiger partial charge in [0.25, 0.3) is 0 Å². The lowest BCUT2D eigenvalue weighted by Gasteiger charge is -2.46. The molecule has 0 heterocycles. The molecule has 0 unspecified atom stereocenters. The first-order valence-electron chi connectivity index (χ1n) is 8.75. The first-order chi connectivity index (χ1) is 13.6. The molecule has 0 aliphatic heterocycles. The molecule has 15 nitrogen and oxygen atoms in total. The molecule has 180 valence electrons. The number of rotatable bonds is 12. The van der Waals surface area contributed by atoms with E-state index < -0.39 is 60.1 Å². The van der Waals surface area contributed by atoms with Gasteiger partial charge < -0.3 is 44.3 Å². The van der Waals surface area contributed by atoms with E-state index in [0.717, 1.165) is 12.8 Å². The fraction of sp³-hybridized carbons (Fsp3) is 1.00. The van der Waals surface area contributed by atoms with E-state index in [0.29, 0.717) is 12.8 Å². The summed E-state index contributed by atoms with van der Waals surface area (Å²) in [6.45, 7) is 1.85. The molecule has 1 aliphatic rings. The largest absolute Gasteiger partial charge is 0.470 e. The Morgan fingerprint density at radius 3 is 1.47 bits per heavy atom. The van der Waals surface area contributed by atoms with Gasteiger partial charge in [-0.25, -0.2) is 13.7 Å². The van der Waals surface area contributed by atoms with E-state index in [1.807, 2.05) is 6.92 Å². The minimum absolute atomic E-state index is 0.0951. The third-order valence-corrected chi connectivity index (χ3v) is 5.63. The summed E-state index contributed by atoms with van der Waals surface area (Å²) in [5.74, 6) is 0. The molecule has 0 amide bonds. The van der Waals surface area contributed by atoms with Gasteiger partial charge >= 0.3 is 23.5 Å². The molecule has 1 aliphatic carbocycles. The van der Waals surface area contributed by atoms with Crippen molar-refractivity contribution in [1.82, 2.24) is 0 Å². The zero-order valence-corrected chi connectivity index (χ0v) is 18.5. The Kier molecular flexibility index (Phi) is 10.7. The predicted octanol–water partition coefficient (Wildman–Crippen LogP) is -0.879. The van der Waals surface area contributed by atoms with Gasteiger partial charge in [-0.1, -0.05) is 26.2 Å². The van der Waals surface area contributed by atoms with Gasteiger partial charge in [-0.05, 0) is 6.42 Å². The minimum Gasteiger partial charge on any atom is -0.387 e. The van der Waals surface area contributed by atoms with Crippen molar-refractivity contribution in [2.45, 2.75) is 69.2 Å². The lowest BCUT2D eigenvalue weighted by molar-refractivity contribution is -0.225. The summed E-state index contributed by atoms with van der Waals surface area (Å²) in [6.07, 6.45) is -10.1. The summed E-state index contributed by atoms with van der Waals surface area (Å²) in [4.78, 5) is 54.6. The van der Waals surface area contributed by atoms with Crippen LogP contribution in [0.5, 0.6) is 0 Å². The number of aliphatic hydroxyl groups is 2. The number of phosphoric ester groups is 3. The number of hydrogen-bond acceptors (Lipinski definition) is 9. The molecule has 1 fully saturated rings. The van der Waals surface area contributed by atoms with Gasteiger partial charge in [0.2, 0.25) is 0 Å². The molecule has 0 saturated heterocycles. The van der Waals surface area contributed by atoms with Crippen LogP contribution in [0.15, 0.2) is 0 Å². The van der Waals surface area contributed by atoms with Crippen molar-refractivity contribution >= 4 is 23.5 Å². The third-order valence-electron chi connectivity index (χ3n) is 4.08. The van der Waals surface area contributed by atoms with Gasteiger partial charge in [0.1, 0.15) is 36.6 Å². The average Bonchev–Trinajstić information content (AvgIpc) is 2.54. The SMILES string of the molecule is CCCCCCO[C@@H]1[C@@H](O)[C@H](O)[C@H](OP(=O)(O)O)[C@H](OP(=O)(O)O)[C@H]1OP(=O)(O)O. The van der Waals surface area contributed by atoms with Crippen LogP contribution in [0.25, 0.3) is 0 Å². The summed E-state index contributed by atoms with van der Waals surface area (Å²) in [5, 5.41) is 20.5. The van der Waals surface area contributed by atoms with E-state index in [-0.39, 0.29) is 6.61 Å². The van der Waals surface area contributed by atoms with Crippen molar-refractivity contribution in [1.29, 1.82) is 0 Å². The minimum atomic E-state index is -5.47. The van der Waals surface area contributed by atoms with E-state index >= 15 is 0 Å². The Bertz CT molecular complexity index is 670. The molecule has 30 heavy (non-hydrogen) atoms. The number of ether oxygens (including phenoxy) is 1. The van der Waals surface area contributed by atoms with E-state index in [1.165, 1.54) is 0 Å². The fourth-order valence-corrected chi connectivity index (χ4v) is 4.61. The topological polar surface area (TPSA) is 250 Å². The van der Waals surface area contributed by atoms with Crippen molar-refractivity contribution in [2.24, 2.45) is 0 Å². The molecule has 1 rings (SSSR count). The Hall–Kier alpha value is 0.210. The maximum absolute atomic E-state index is 11.4. The van der Waals surface area contributed by atoms with Crippen molar-refractivity contribution < 1.29 is 71.6 Å². The third kappa shape index (κ3) is 9.78. The van der Waals surface area contributed by atoms with E-state index in [2.05, 4.69) is 13.6 Å². The maximum Gasteiger partial charge on any atom is 0.470 e. The molecule has 0 radical (unpaired) electrons. The maximum atomic E-state index is 11.4. The molecule has 0 bridgehead atoms. The summed E-state index contributed by atoms with van der Waals surface area (Å²) in [7, 11) is -16.3.